The van der Waals surface area contributed by atoms with Crippen LogP contribution in [0.4, 0.5) is 0 Å². The Bertz CT molecular complexity index is 855. The van der Waals surface area contributed by atoms with E-state index in [0.29, 0.717) is 13.1 Å². The molecule has 2 aromatic heterocycles. The second-order valence-electron chi connectivity index (χ2n) is 6.32. The van der Waals surface area contributed by atoms with Crippen LogP contribution in [0.1, 0.15) is 29.9 Å². The number of nitrogens with zero attached hydrogens (tertiary/aromatic N) is 6. The van der Waals surface area contributed by atoms with Gasteiger partial charge in [-0.05, 0) is 18.6 Å². The van der Waals surface area contributed by atoms with Gasteiger partial charge in [-0.1, -0.05) is 30.3 Å². The van der Waals surface area contributed by atoms with Gasteiger partial charge in [-0.3, -0.25) is 9.48 Å². The maximum absolute atomic E-state index is 12.7. The van der Waals surface area contributed by atoms with E-state index in [1.54, 1.807) is 11.0 Å². The van der Waals surface area contributed by atoms with Crippen molar-refractivity contribution in [3.63, 3.8) is 0 Å². The summed E-state index contributed by atoms with van der Waals surface area (Å²) >= 11 is 0. The van der Waals surface area contributed by atoms with Crippen molar-refractivity contribution in [1.29, 1.82) is 0 Å². The molecule has 1 aliphatic heterocycles. The molecule has 1 unspecified atom stereocenters. The molecule has 1 aliphatic rings. The Morgan fingerprint density at radius 2 is 2.08 bits per heavy atom. The third-order valence-corrected chi connectivity index (χ3v) is 4.58. The monoisotopic (exact) mass is 336 g/mol. The fourth-order valence-electron chi connectivity index (χ4n) is 3.20. The van der Waals surface area contributed by atoms with Crippen LogP contribution in [-0.4, -0.2) is 41.9 Å². The number of aromatic nitrogens is 5. The number of fused-ring (bicyclic) bond motifs is 1. The van der Waals surface area contributed by atoms with Gasteiger partial charge >= 0.3 is 0 Å². The molecule has 0 fully saturated rings. The number of benzene rings is 1. The van der Waals surface area contributed by atoms with Crippen LogP contribution in [0.3, 0.4) is 0 Å². The van der Waals surface area contributed by atoms with Crippen LogP contribution in [0.15, 0.2) is 49.1 Å². The third-order valence-electron chi connectivity index (χ3n) is 4.58. The smallest absolute Gasteiger partial charge is 0.247 e. The molecule has 0 bridgehead atoms. The van der Waals surface area contributed by atoms with Gasteiger partial charge in [-0.2, -0.15) is 10.2 Å². The van der Waals surface area contributed by atoms with Crippen LogP contribution in [0.2, 0.25) is 0 Å². The average molecular weight is 336 g/mol. The standard InChI is InChI=1S/C18H20N6O/c1-14(24-13-19-12-20-24)18(25)22-7-8-23-17(11-22)10-16(21-23)9-15-5-3-2-4-6-15/h2-6,10,12-14H,7-9,11H2,1H3. The molecule has 0 saturated carbocycles. The number of hydrogen-bond acceptors (Lipinski definition) is 4. The molecule has 0 aliphatic carbocycles. The lowest BCUT2D eigenvalue weighted by Gasteiger charge is -2.29. The SMILES string of the molecule is CC(C(=O)N1CCn2nc(Cc3ccccc3)cc2C1)n1cncn1. The summed E-state index contributed by atoms with van der Waals surface area (Å²) in [7, 11) is 0. The number of carbonyl (C=O) groups is 1. The van der Waals surface area contributed by atoms with Crippen LogP contribution >= 0.6 is 0 Å². The molecule has 0 saturated heterocycles. The van der Waals surface area contributed by atoms with Crippen LogP contribution in [-0.2, 0) is 24.3 Å². The Morgan fingerprint density at radius 3 is 2.84 bits per heavy atom. The highest BCUT2D eigenvalue weighted by atomic mass is 16.2. The van der Waals surface area contributed by atoms with Crippen molar-refractivity contribution in [2.45, 2.75) is 32.5 Å². The van der Waals surface area contributed by atoms with Gasteiger partial charge in [0, 0.05) is 13.0 Å². The zero-order chi connectivity index (χ0) is 17.2. The van der Waals surface area contributed by atoms with Gasteiger partial charge in [0.15, 0.2) is 0 Å². The first-order valence-electron chi connectivity index (χ1n) is 8.43. The molecule has 1 amide bonds. The number of amides is 1. The van der Waals surface area contributed by atoms with Gasteiger partial charge < -0.3 is 4.90 Å². The predicted octanol–water partition coefficient (Wildman–Crippen LogP) is 1.67. The van der Waals surface area contributed by atoms with Crippen molar-refractivity contribution < 1.29 is 4.79 Å². The van der Waals surface area contributed by atoms with E-state index in [1.807, 2.05) is 34.7 Å². The zero-order valence-electron chi connectivity index (χ0n) is 14.1. The lowest BCUT2D eigenvalue weighted by atomic mass is 10.1. The molecule has 7 heteroatoms. The Labute approximate surface area is 145 Å². The molecule has 1 atom stereocenters. The zero-order valence-corrected chi connectivity index (χ0v) is 14.1. The summed E-state index contributed by atoms with van der Waals surface area (Å²) in [5.41, 5.74) is 3.36. The first-order valence-corrected chi connectivity index (χ1v) is 8.43. The summed E-state index contributed by atoms with van der Waals surface area (Å²) in [5, 5.41) is 8.75. The molecule has 0 spiro atoms. The van der Waals surface area contributed by atoms with E-state index in [4.69, 9.17) is 0 Å². The average Bonchev–Trinajstić information content (AvgIpc) is 3.30. The molecule has 128 valence electrons. The summed E-state index contributed by atoms with van der Waals surface area (Å²) in [6.45, 7) is 3.82. The predicted molar refractivity (Wildman–Crippen MR) is 91.6 cm³/mol. The Morgan fingerprint density at radius 1 is 1.24 bits per heavy atom. The minimum Gasteiger partial charge on any atom is -0.333 e. The quantitative estimate of drug-likeness (QED) is 0.727. The Hall–Kier alpha value is -2.96. The van der Waals surface area contributed by atoms with Crippen LogP contribution in [0.5, 0.6) is 0 Å². The molecule has 7 nitrogen and oxygen atoms in total. The van der Waals surface area contributed by atoms with Gasteiger partial charge in [0.25, 0.3) is 0 Å². The topological polar surface area (TPSA) is 68.8 Å². The van der Waals surface area contributed by atoms with Crippen molar-refractivity contribution >= 4 is 5.91 Å². The summed E-state index contributed by atoms with van der Waals surface area (Å²) in [6.07, 6.45) is 3.84. The van der Waals surface area contributed by atoms with E-state index in [9.17, 15) is 4.79 Å². The van der Waals surface area contributed by atoms with Gasteiger partial charge in [-0.25, -0.2) is 9.67 Å². The molecule has 4 rings (SSSR count). The highest BCUT2D eigenvalue weighted by Gasteiger charge is 2.27. The fourth-order valence-corrected chi connectivity index (χ4v) is 3.20. The van der Waals surface area contributed by atoms with E-state index in [0.717, 1.165) is 24.4 Å². The van der Waals surface area contributed by atoms with E-state index in [-0.39, 0.29) is 11.9 Å². The van der Waals surface area contributed by atoms with Gasteiger partial charge in [0.05, 0.1) is 24.5 Å². The highest BCUT2D eigenvalue weighted by Crippen LogP contribution is 2.19. The maximum atomic E-state index is 12.7. The molecule has 3 heterocycles. The van der Waals surface area contributed by atoms with Crippen molar-refractivity contribution in [1.82, 2.24) is 29.4 Å². The third kappa shape index (κ3) is 3.17. The number of carbonyl (C=O) groups excluding carboxylic acids is 1. The maximum Gasteiger partial charge on any atom is 0.247 e. The second-order valence-corrected chi connectivity index (χ2v) is 6.32. The van der Waals surface area contributed by atoms with E-state index < -0.39 is 0 Å². The van der Waals surface area contributed by atoms with E-state index in [1.165, 1.54) is 11.9 Å². The van der Waals surface area contributed by atoms with Gasteiger partial charge in [-0.15, -0.1) is 0 Å². The number of rotatable bonds is 4. The first-order chi connectivity index (χ1) is 12.2. The first kappa shape index (κ1) is 15.6. The van der Waals surface area contributed by atoms with E-state index in [2.05, 4.69) is 33.4 Å². The minimum atomic E-state index is -0.347. The fraction of sp³-hybridized carbons (Fsp3) is 0.333. The summed E-state index contributed by atoms with van der Waals surface area (Å²) in [5.74, 6) is 0.0579. The normalized spacial score (nSPS) is 15.0. The lowest BCUT2D eigenvalue weighted by molar-refractivity contribution is -0.136. The molecular formula is C18H20N6O. The molecule has 0 N–H and O–H groups in total. The molecule has 1 aromatic carbocycles. The summed E-state index contributed by atoms with van der Waals surface area (Å²) in [4.78, 5) is 18.5. The summed E-state index contributed by atoms with van der Waals surface area (Å²) in [6, 6.07) is 12.1. The summed E-state index contributed by atoms with van der Waals surface area (Å²) < 4.78 is 3.61. The van der Waals surface area contributed by atoms with Crippen LogP contribution in [0.25, 0.3) is 0 Å². The van der Waals surface area contributed by atoms with Crippen LogP contribution in [0, 0.1) is 0 Å². The van der Waals surface area contributed by atoms with Crippen LogP contribution < -0.4 is 0 Å². The Balaban J connectivity index is 1.47. The lowest BCUT2D eigenvalue weighted by Crippen LogP contribution is -2.41. The van der Waals surface area contributed by atoms with Crippen molar-refractivity contribution in [3.05, 3.63) is 66.0 Å². The molecule has 0 radical (unpaired) electrons. The largest absolute Gasteiger partial charge is 0.333 e. The van der Waals surface area contributed by atoms with Gasteiger partial charge in [0.1, 0.15) is 18.7 Å². The van der Waals surface area contributed by atoms with E-state index >= 15 is 0 Å². The van der Waals surface area contributed by atoms with Gasteiger partial charge in [0.2, 0.25) is 5.91 Å². The Kier molecular flexibility index (Phi) is 4.05. The molecule has 25 heavy (non-hydrogen) atoms. The van der Waals surface area contributed by atoms with Crippen molar-refractivity contribution in [2.75, 3.05) is 6.54 Å². The minimum absolute atomic E-state index is 0.0579. The van der Waals surface area contributed by atoms with Crippen molar-refractivity contribution in [3.8, 4) is 0 Å². The molecular weight excluding hydrogens is 316 g/mol. The molecule has 3 aromatic rings. The van der Waals surface area contributed by atoms with Crippen molar-refractivity contribution in [2.24, 2.45) is 0 Å². The second kappa shape index (κ2) is 6.51. The highest BCUT2D eigenvalue weighted by molar-refractivity contribution is 5.80. The number of hydrogen-bond donors (Lipinski definition) is 0.